The third-order valence-corrected chi connectivity index (χ3v) is 28.8. The van der Waals surface area contributed by atoms with Gasteiger partial charge in [0.2, 0.25) is 0 Å². The van der Waals surface area contributed by atoms with Crippen LogP contribution in [0.5, 0.6) is 0 Å². The second-order valence-electron chi connectivity index (χ2n) is 38.9. The van der Waals surface area contributed by atoms with Crippen LogP contribution in [-0.4, -0.2) is 74.8 Å². The van der Waals surface area contributed by atoms with Gasteiger partial charge in [0.05, 0.1) is 9.79 Å². The summed E-state index contributed by atoms with van der Waals surface area (Å²) in [7, 11) is -8.67. The molecule has 0 aromatic heterocycles. The number of rotatable bonds is 100. The van der Waals surface area contributed by atoms with Crippen molar-refractivity contribution in [1.82, 2.24) is 0 Å². The van der Waals surface area contributed by atoms with Crippen LogP contribution < -0.4 is 0 Å². The molecular weight excluding hydrogens is 1640 g/mol. The molecule has 0 unspecified atom stereocenters. The molecule has 0 bridgehead atoms. The zero-order valence-electron chi connectivity index (χ0n) is 81.9. The summed E-state index contributed by atoms with van der Waals surface area (Å²) >= 11 is 0. The van der Waals surface area contributed by atoms with Gasteiger partial charge in [0, 0.05) is 0 Å². The van der Waals surface area contributed by atoms with Crippen LogP contribution in [0, 0.1) is 0 Å². The van der Waals surface area contributed by atoms with Gasteiger partial charge in [-0.15, -0.1) is 0 Å². The molecule has 0 aliphatic rings. The Morgan fingerprint density at radius 1 is 0.149 bits per heavy atom. The Morgan fingerprint density at radius 2 is 0.231 bits per heavy atom. The zero-order chi connectivity index (χ0) is 86.3. The molecule has 0 saturated carbocycles. The zero-order valence-corrected chi connectivity index (χ0v) is 88.0. The molecule has 0 radical (unpaired) electrons. The predicted octanol–water partition coefficient (Wildman–Crippen LogP) is 39.4. The first-order chi connectivity index (χ1) is 59.1. The first-order valence-corrected chi connectivity index (χ1v) is 58.0. The van der Waals surface area contributed by atoms with Crippen LogP contribution in [-0.2, 0) is 33.1 Å². The summed E-state index contributed by atoms with van der Waals surface area (Å²) in [6, 6.07) is 12.8. The molecule has 2 rings (SSSR count). The van der Waals surface area contributed by atoms with E-state index >= 15 is 0 Å². The fourth-order valence-corrected chi connectivity index (χ4v) is 19.7. The first kappa shape index (κ1) is 121. The Balaban J connectivity index is 0.00000236. The van der Waals surface area contributed by atoms with E-state index in [0.717, 1.165) is 36.8 Å². The minimum atomic E-state index is -4.33. The van der Waals surface area contributed by atoms with Crippen molar-refractivity contribution < 1.29 is 25.9 Å². The van der Waals surface area contributed by atoms with Crippen molar-refractivity contribution in [2.45, 2.75) is 653 Å². The van der Waals surface area contributed by atoms with Crippen molar-refractivity contribution in [2.75, 3.05) is 0 Å². The molecule has 0 heterocycles. The third-order valence-electron chi connectivity index (χ3n) is 27.1. The largest absolute Gasteiger partial charge is 2.00 e. The summed E-state index contributed by atoms with van der Waals surface area (Å²) in [5.74, 6) is 0. The average molecular weight is 1850 g/mol. The van der Waals surface area contributed by atoms with Crippen molar-refractivity contribution in [3.8, 4) is 0 Å². The minimum Gasteiger partial charge on any atom is -0.744 e. The predicted molar refractivity (Wildman–Crippen MR) is 537 cm³/mol. The van der Waals surface area contributed by atoms with Gasteiger partial charge in [-0.3, -0.25) is 0 Å². The van der Waals surface area contributed by atoms with E-state index in [1.807, 2.05) is 0 Å². The van der Waals surface area contributed by atoms with Gasteiger partial charge in [0.1, 0.15) is 20.2 Å². The summed E-state index contributed by atoms with van der Waals surface area (Å²) in [6.07, 6.45) is 141. The maximum absolute atomic E-state index is 11.0. The summed E-state index contributed by atoms with van der Waals surface area (Å²) in [5.41, 5.74) is 2.23. The Morgan fingerprint density at radius 3 is 0.314 bits per heavy atom. The molecule has 0 saturated heterocycles. The molecule has 2 aromatic rings. The van der Waals surface area contributed by atoms with Crippen molar-refractivity contribution in [3.05, 3.63) is 59.7 Å². The van der Waals surface area contributed by atoms with E-state index < -0.39 is 20.2 Å². The topological polar surface area (TPSA) is 114 Å². The second-order valence-corrected chi connectivity index (χ2v) is 41.7. The van der Waals surface area contributed by atoms with E-state index in [0.29, 0.717) is 0 Å². The van der Waals surface area contributed by atoms with Crippen LogP contribution in [0.2, 0.25) is 0 Å². The summed E-state index contributed by atoms with van der Waals surface area (Å²) in [4.78, 5) is -0.261. The molecule has 121 heavy (non-hydrogen) atoms. The molecule has 0 aliphatic heterocycles. The smallest absolute Gasteiger partial charge is 0.744 e. The van der Waals surface area contributed by atoms with Crippen LogP contribution >= 0.6 is 0 Å². The quantitative estimate of drug-likeness (QED) is 0.0370. The van der Waals surface area contributed by atoms with Gasteiger partial charge < -0.3 is 9.11 Å². The van der Waals surface area contributed by atoms with E-state index in [4.69, 9.17) is 0 Å². The molecular formula is C112H210BaO6S2. The molecule has 0 spiro atoms. The van der Waals surface area contributed by atoms with E-state index in [1.54, 1.807) is 24.3 Å². The van der Waals surface area contributed by atoms with Gasteiger partial charge in [-0.05, 0) is 61.1 Å². The Bertz CT molecular complexity index is 2310. The van der Waals surface area contributed by atoms with E-state index in [-0.39, 0.29) is 58.7 Å². The molecule has 0 N–H and O–H groups in total. The normalized spacial score (nSPS) is 11.8. The number of benzene rings is 2. The standard InChI is InChI=1S/2C56H106O3S.Ba/c2*1-2-3-4-5-6-7-8-9-10-11-12-13-14-15-16-17-18-19-20-21-22-23-24-25-26-27-28-29-30-31-32-33-34-35-36-37-38-39-40-41-42-43-44-45-46-47-48-49-50-55-51-53-56(54-52-55)60(57,58)59;/h2*51-54H,2-50H2,1H3,(H,57,58,59);/q;;+2/p-2. The number of aryl methyl sites for hydroxylation is 2. The van der Waals surface area contributed by atoms with Gasteiger partial charge in [-0.2, -0.15) is 0 Å². The summed E-state index contributed by atoms with van der Waals surface area (Å²) in [6.45, 7) is 4.62. The third kappa shape index (κ3) is 95.7. The van der Waals surface area contributed by atoms with Crippen LogP contribution in [0.1, 0.15) is 641 Å². The first-order valence-electron chi connectivity index (χ1n) is 55.2. The van der Waals surface area contributed by atoms with Crippen molar-refractivity contribution in [3.63, 3.8) is 0 Å². The maximum Gasteiger partial charge on any atom is 2.00 e. The molecule has 0 fully saturated rings. The van der Waals surface area contributed by atoms with Gasteiger partial charge in [-0.1, -0.05) is 642 Å². The minimum absolute atomic E-state index is 0. The Labute approximate surface area is 800 Å². The summed E-state index contributed by atoms with van der Waals surface area (Å²) in [5, 5.41) is 0. The molecule has 708 valence electrons. The van der Waals surface area contributed by atoms with Crippen molar-refractivity contribution in [1.29, 1.82) is 0 Å². The second kappa shape index (κ2) is 100. The van der Waals surface area contributed by atoms with E-state index in [2.05, 4.69) is 13.8 Å². The summed E-state index contributed by atoms with van der Waals surface area (Å²) < 4.78 is 66.2. The van der Waals surface area contributed by atoms with Crippen LogP contribution in [0.3, 0.4) is 0 Å². The fourth-order valence-electron chi connectivity index (χ4n) is 18.7. The molecule has 6 nitrogen and oxygen atoms in total. The molecule has 0 amide bonds. The SMILES string of the molecule is CCCCCCCCCCCCCCCCCCCCCCCCCCCCCCCCCCCCCCCCCCCCCCCCCCc1ccc(S(=O)(=O)[O-])cc1.CCCCCCCCCCCCCCCCCCCCCCCCCCCCCCCCCCCCCCCCCCCCCCCCCCc1ccc(S(=O)(=O)[O-])cc1.[Ba+2]. The fraction of sp³-hybridized carbons (Fsp3) is 0.893. The molecule has 0 atom stereocenters. The monoisotopic (exact) mass is 1850 g/mol. The van der Waals surface area contributed by atoms with Gasteiger partial charge in [-0.25, -0.2) is 16.8 Å². The number of unbranched alkanes of at least 4 members (excludes halogenated alkanes) is 94. The van der Waals surface area contributed by atoms with Crippen molar-refractivity contribution in [2.24, 2.45) is 0 Å². The Kier molecular flexibility index (Phi) is 100. The number of hydrogen-bond acceptors (Lipinski definition) is 6. The van der Waals surface area contributed by atoms with E-state index in [9.17, 15) is 25.9 Å². The van der Waals surface area contributed by atoms with Crippen LogP contribution in [0.25, 0.3) is 0 Å². The van der Waals surface area contributed by atoms with Gasteiger partial charge in [0.15, 0.2) is 0 Å². The average Bonchev–Trinajstić information content (AvgIpc) is 0.867. The molecule has 0 aliphatic carbocycles. The Hall–Kier alpha value is -0.169. The van der Waals surface area contributed by atoms with Gasteiger partial charge >= 0.3 is 48.9 Å². The van der Waals surface area contributed by atoms with Gasteiger partial charge in [0.25, 0.3) is 0 Å². The maximum atomic E-state index is 11.0. The molecule has 2 aromatic carbocycles. The van der Waals surface area contributed by atoms with Crippen LogP contribution in [0.4, 0.5) is 0 Å². The van der Waals surface area contributed by atoms with Crippen molar-refractivity contribution >= 4 is 69.1 Å². The number of hydrogen-bond donors (Lipinski definition) is 0. The van der Waals surface area contributed by atoms with E-state index in [1.165, 1.54) is 628 Å². The van der Waals surface area contributed by atoms with Crippen LogP contribution in [0.15, 0.2) is 58.3 Å². The molecule has 9 heteroatoms.